The molecule has 3 nitrogen and oxygen atoms in total. The lowest BCUT2D eigenvalue weighted by molar-refractivity contribution is -0.119. The molecule has 0 saturated heterocycles. The average molecular weight is 294 g/mol. The third-order valence-corrected chi connectivity index (χ3v) is 4.38. The number of carbonyl (C=O) groups is 1. The van der Waals surface area contributed by atoms with Crippen LogP contribution < -0.4 is 10.6 Å². The molecule has 0 radical (unpaired) electrons. The van der Waals surface area contributed by atoms with Crippen molar-refractivity contribution in [2.75, 3.05) is 18.9 Å². The molecule has 0 bridgehead atoms. The van der Waals surface area contributed by atoms with Crippen LogP contribution >= 0.6 is 11.8 Å². The van der Waals surface area contributed by atoms with Gasteiger partial charge in [0.05, 0.1) is 0 Å². The number of nitrogens with one attached hydrogen (secondary N) is 2. The van der Waals surface area contributed by atoms with Crippen LogP contribution in [-0.2, 0) is 10.5 Å². The molecule has 1 atom stereocenters. The minimum Gasteiger partial charge on any atom is -0.326 e. The first kappa shape index (κ1) is 17.1. The minimum absolute atomic E-state index is 0.0342. The molecule has 0 fully saturated rings. The first-order valence-electron chi connectivity index (χ1n) is 7.11. The summed E-state index contributed by atoms with van der Waals surface area (Å²) in [6.07, 6.45) is 0. The van der Waals surface area contributed by atoms with Crippen LogP contribution in [0.5, 0.6) is 0 Å². The molecule has 0 aliphatic heterocycles. The number of hydrogen-bond donors (Lipinski definition) is 2. The summed E-state index contributed by atoms with van der Waals surface area (Å²) in [5, 5.41) is 6.68. The number of rotatable bonds is 7. The standard InChI is InChI=1S/C16H26N2OS/c1-11(2)20-10-14-7-6-8-15(13(14)4)18-16(19)12(3)9-17-5/h6-8,11-12,17H,9-10H2,1-5H3,(H,18,19). The van der Waals surface area contributed by atoms with E-state index in [1.807, 2.05) is 37.9 Å². The van der Waals surface area contributed by atoms with Gasteiger partial charge >= 0.3 is 0 Å². The molecule has 0 aliphatic carbocycles. The Labute approximate surface area is 126 Å². The Hall–Kier alpha value is -1.00. The van der Waals surface area contributed by atoms with Gasteiger partial charge in [-0.25, -0.2) is 0 Å². The van der Waals surface area contributed by atoms with E-state index in [0.717, 1.165) is 11.4 Å². The van der Waals surface area contributed by atoms with Gasteiger partial charge in [0.1, 0.15) is 0 Å². The number of hydrogen-bond acceptors (Lipinski definition) is 3. The fourth-order valence-corrected chi connectivity index (χ4v) is 2.71. The third kappa shape index (κ3) is 5.17. The molecule has 0 heterocycles. The van der Waals surface area contributed by atoms with Crippen molar-refractivity contribution in [3.05, 3.63) is 29.3 Å². The van der Waals surface area contributed by atoms with Gasteiger partial charge in [0.15, 0.2) is 0 Å². The summed E-state index contributed by atoms with van der Waals surface area (Å²) in [4.78, 5) is 12.1. The topological polar surface area (TPSA) is 41.1 Å². The monoisotopic (exact) mass is 294 g/mol. The lowest BCUT2D eigenvalue weighted by atomic mass is 10.1. The van der Waals surface area contributed by atoms with E-state index in [9.17, 15) is 4.79 Å². The Kier molecular flexibility index (Phi) is 7.10. The van der Waals surface area contributed by atoms with Crippen LogP contribution in [0.3, 0.4) is 0 Å². The summed E-state index contributed by atoms with van der Waals surface area (Å²) in [6.45, 7) is 9.10. The molecule has 2 N–H and O–H groups in total. The van der Waals surface area contributed by atoms with Crippen LogP contribution in [0.2, 0.25) is 0 Å². The number of amides is 1. The van der Waals surface area contributed by atoms with Crippen LogP contribution in [0.1, 0.15) is 31.9 Å². The average Bonchev–Trinajstić information content (AvgIpc) is 2.39. The van der Waals surface area contributed by atoms with Gasteiger partial charge in [-0.15, -0.1) is 0 Å². The van der Waals surface area contributed by atoms with Gasteiger partial charge in [-0.1, -0.05) is 32.9 Å². The van der Waals surface area contributed by atoms with Crippen molar-refractivity contribution in [3.8, 4) is 0 Å². The largest absolute Gasteiger partial charge is 0.326 e. The van der Waals surface area contributed by atoms with Crippen molar-refractivity contribution in [2.45, 2.75) is 38.7 Å². The molecule has 4 heteroatoms. The van der Waals surface area contributed by atoms with Gasteiger partial charge in [0, 0.05) is 23.9 Å². The van der Waals surface area contributed by atoms with Gasteiger partial charge in [-0.05, 0) is 36.4 Å². The van der Waals surface area contributed by atoms with E-state index in [1.165, 1.54) is 11.1 Å². The first-order valence-corrected chi connectivity index (χ1v) is 8.16. The van der Waals surface area contributed by atoms with Crippen molar-refractivity contribution in [1.82, 2.24) is 5.32 Å². The van der Waals surface area contributed by atoms with Gasteiger partial charge < -0.3 is 10.6 Å². The SMILES string of the molecule is CNCC(C)C(=O)Nc1cccc(CSC(C)C)c1C. The second-order valence-electron chi connectivity index (χ2n) is 5.40. The number of anilines is 1. The minimum atomic E-state index is -0.0342. The zero-order chi connectivity index (χ0) is 15.1. The maximum atomic E-state index is 12.1. The molecule has 0 aliphatic rings. The highest BCUT2D eigenvalue weighted by Gasteiger charge is 2.13. The predicted molar refractivity (Wildman–Crippen MR) is 89.3 cm³/mol. The molecular formula is C16H26N2OS. The van der Waals surface area contributed by atoms with E-state index < -0.39 is 0 Å². The van der Waals surface area contributed by atoms with Crippen LogP contribution in [-0.4, -0.2) is 24.7 Å². The summed E-state index contributed by atoms with van der Waals surface area (Å²) in [5.74, 6) is 1.02. The molecule has 20 heavy (non-hydrogen) atoms. The second-order valence-corrected chi connectivity index (χ2v) is 6.96. The molecule has 0 spiro atoms. The summed E-state index contributed by atoms with van der Waals surface area (Å²) in [5.41, 5.74) is 3.40. The maximum Gasteiger partial charge on any atom is 0.228 e. The molecule has 1 rings (SSSR count). The fraction of sp³-hybridized carbons (Fsp3) is 0.562. The molecule has 0 saturated carbocycles. The highest BCUT2D eigenvalue weighted by atomic mass is 32.2. The number of benzene rings is 1. The number of carbonyl (C=O) groups excluding carboxylic acids is 1. The smallest absolute Gasteiger partial charge is 0.228 e. The van der Waals surface area contributed by atoms with Crippen molar-refractivity contribution in [3.63, 3.8) is 0 Å². The normalized spacial score (nSPS) is 12.5. The van der Waals surface area contributed by atoms with Crippen LogP contribution in [0.15, 0.2) is 18.2 Å². The molecular weight excluding hydrogens is 268 g/mol. The van der Waals surface area contributed by atoms with Crippen molar-refractivity contribution in [1.29, 1.82) is 0 Å². The van der Waals surface area contributed by atoms with E-state index in [-0.39, 0.29) is 11.8 Å². The quantitative estimate of drug-likeness (QED) is 0.809. The Balaban J connectivity index is 2.76. The van der Waals surface area contributed by atoms with E-state index >= 15 is 0 Å². The summed E-state index contributed by atoms with van der Waals surface area (Å²) >= 11 is 1.92. The summed E-state index contributed by atoms with van der Waals surface area (Å²) in [6, 6.07) is 6.13. The Morgan fingerprint density at radius 2 is 2.00 bits per heavy atom. The van der Waals surface area contributed by atoms with Gasteiger partial charge in [0.25, 0.3) is 0 Å². The summed E-state index contributed by atoms with van der Waals surface area (Å²) in [7, 11) is 1.86. The fourth-order valence-electron chi connectivity index (χ4n) is 1.89. The Morgan fingerprint density at radius 3 is 2.60 bits per heavy atom. The van der Waals surface area contributed by atoms with Crippen molar-refractivity contribution >= 4 is 23.4 Å². The molecule has 1 aromatic carbocycles. The molecule has 1 unspecified atom stereocenters. The van der Waals surface area contributed by atoms with Crippen molar-refractivity contribution < 1.29 is 4.79 Å². The molecule has 1 aromatic rings. The molecule has 0 aromatic heterocycles. The van der Waals surface area contributed by atoms with E-state index in [1.54, 1.807) is 0 Å². The predicted octanol–water partition coefficient (Wildman–Crippen LogP) is 3.43. The van der Waals surface area contributed by atoms with Crippen LogP contribution in [0, 0.1) is 12.8 Å². The van der Waals surface area contributed by atoms with Gasteiger partial charge in [0.2, 0.25) is 5.91 Å². The molecule has 1 amide bonds. The summed E-state index contributed by atoms with van der Waals surface area (Å²) < 4.78 is 0. The zero-order valence-electron chi connectivity index (χ0n) is 13.1. The number of thioether (sulfide) groups is 1. The van der Waals surface area contributed by atoms with E-state index in [0.29, 0.717) is 11.8 Å². The molecule has 112 valence electrons. The van der Waals surface area contributed by atoms with E-state index in [2.05, 4.69) is 37.5 Å². The zero-order valence-corrected chi connectivity index (χ0v) is 13.9. The van der Waals surface area contributed by atoms with Crippen molar-refractivity contribution in [2.24, 2.45) is 5.92 Å². The Bertz CT molecular complexity index is 446. The second kappa shape index (κ2) is 8.32. The highest BCUT2D eigenvalue weighted by Crippen LogP contribution is 2.25. The lowest BCUT2D eigenvalue weighted by Crippen LogP contribution is -2.28. The highest BCUT2D eigenvalue weighted by molar-refractivity contribution is 7.99. The van der Waals surface area contributed by atoms with Crippen LogP contribution in [0.25, 0.3) is 0 Å². The first-order chi connectivity index (χ1) is 9.45. The van der Waals surface area contributed by atoms with E-state index in [4.69, 9.17) is 0 Å². The maximum absolute atomic E-state index is 12.1. The van der Waals surface area contributed by atoms with Gasteiger partial charge in [-0.2, -0.15) is 11.8 Å². The van der Waals surface area contributed by atoms with Gasteiger partial charge in [-0.3, -0.25) is 4.79 Å². The Morgan fingerprint density at radius 1 is 1.30 bits per heavy atom. The lowest BCUT2D eigenvalue weighted by Gasteiger charge is -2.16. The van der Waals surface area contributed by atoms with Crippen LogP contribution in [0.4, 0.5) is 5.69 Å². The third-order valence-electron chi connectivity index (χ3n) is 3.23.